The highest BCUT2D eigenvalue weighted by Crippen LogP contribution is 2.31. The number of rotatable bonds is 8. The zero-order valence-corrected chi connectivity index (χ0v) is 17.8. The van der Waals surface area contributed by atoms with E-state index in [0.717, 1.165) is 18.4 Å². The molecule has 2 amide bonds. The van der Waals surface area contributed by atoms with E-state index >= 15 is 0 Å². The van der Waals surface area contributed by atoms with E-state index in [-0.39, 0.29) is 23.8 Å². The molecule has 2 unspecified atom stereocenters. The van der Waals surface area contributed by atoms with Crippen molar-refractivity contribution in [1.29, 1.82) is 0 Å². The minimum absolute atomic E-state index is 0.0497. The second kappa shape index (κ2) is 10.2. The molecule has 7 nitrogen and oxygen atoms in total. The van der Waals surface area contributed by atoms with Gasteiger partial charge in [0.25, 0.3) is 5.91 Å². The minimum Gasteiger partial charge on any atom is -0.490 e. The summed E-state index contributed by atoms with van der Waals surface area (Å²) in [5, 5.41) is 3.08. The number of likely N-dealkylation sites (tertiary alicyclic amines) is 1. The van der Waals surface area contributed by atoms with Gasteiger partial charge in [0, 0.05) is 13.1 Å². The van der Waals surface area contributed by atoms with E-state index in [1.165, 1.54) is 6.26 Å². The fraction of sp³-hybridized carbons (Fsp3) is 0.478. The average Bonchev–Trinajstić information content (AvgIpc) is 3.29. The number of nitrogens with zero attached hydrogens (tertiary/aromatic N) is 1. The maximum atomic E-state index is 12.9. The third kappa shape index (κ3) is 5.14. The molecule has 0 aliphatic carbocycles. The molecule has 1 saturated heterocycles. The van der Waals surface area contributed by atoms with Crippen molar-refractivity contribution in [3.8, 4) is 11.5 Å². The number of furan rings is 1. The summed E-state index contributed by atoms with van der Waals surface area (Å²) in [5.41, 5.74) is 0.939. The first-order chi connectivity index (χ1) is 14.5. The molecule has 1 N–H and O–H groups in total. The molecule has 2 atom stereocenters. The summed E-state index contributed by atoms with van der Waals surface area (Å²) in [6.07, 6.45) is 3.03. The smallest absolute Gasteiger partial charge is 0.289 e. The topological polar surface area (TPSA) is 81.0 Å². The van der Waals surface area contributed by atoms with E-state index in [2.05, 4.69) is 5.32 Å². The van der Waals surface area contributed by atoms with E-state index in [1.54, 1.807) is 17.0 Å². The molecule has 0 spiro atoms. The number of carbonyl (C=O) groups excluding carboxylic acids is 2. The molecule has 30 heavy (non-hydrogen) atoms. The highest BCUT2D eigenvalue weighted by molar-refractivity contribution is 5.92. The van der Waals surface area contributed by atoms with Crippen molar-refractivity contribution in [3.63, 3.8) is 0 Å². The molecule has 1 fully saturated rings. The van der Waals surface area contributed by atoms with Gasteiger partial charge in [0.15, 0.2) is 17.3 Å². The molecule has 0 saturated carbocycles. The Bertz CT molecular complexity index is 849. The van der Waals surface area contributed by atoms with Crippen molar-refractivity contribution in [2.75, 3.05) is 26.3 Å². The summed E-state index contributed by atoms with van der Waals surface area (Å²) < 4.78 is 16.5. The van der Waals surface area contributed by atoms with Crippen LogP contribution < -0.4 is 14.8 Å². The van der Waals surface area contributed by atoms with Gasteiger partial charge in [-0.05, 0) is 63.4 Å². The normalized spacial score (nSPS) is 17.3. The molecular weight excluding hydrogens is 384 g/mol. The number of nitrogens with one attached hydrogen (secondary N) is 1. The van der Waals surface area contributed by atoms with E-state index in [1.807, 2.05) is 39.0 Å². The summed E-state index contributed by atoms with van der Waals surface area (Å²) in [4.78, 5) is 27.1. The number of ether oxygens (including phenoxy) is 2. The maximum Gasteiger partial charge on any atom is 0.289 e. The Kier molecular flexibility index (Phi) is 7.38. The Morgan fingerprint density at radius 2 is 1.97 bits per heavy atom. The number of amides is 2. The Morgan fingerprint density at radius 1 is 1.20 bits per heavy atom. The van der Waals surface area contributed by atoms with Crippen LogP contribution in [-0.2, 0) is 4.79 Å². The van der Waals surface area contributed by atoms with Gasteiger partial charge in [0.05, 0.1) is 31.4 Å². The van der Waals surface area contributed by atoms with Crippen molar-refractivity contribution < 1.29 is 23.5 Å². The molecule has 3 rings (SSSR count). The van der Waals surface area contributed by atoms with Gasteiger partial charge in [-0.15, -0.1) is 0 Å². The van der Waals surface area contributed by atoms with E-state index in [4.69, 9.17) is 13.9 Å². The molecule has 1 aliphatic heterocycles. The predicted molar refractivity (Wildman–Crippen MR) is 113 cm³/mol. The zero-order chi connectivity index (χ0) is 21.5. The van der Waals surface area contributed by atoms with Crippen LogP contribution in [-0.4, -0.2) is 43.0 Å². The second-order valence-electron chi connectivity index (χ2n) is 7.37. The van der Waals surface area contributed by atoms with E-state index in [9.17, 15) is 9.59 Å². The van der Waals surface area contributed by atoms with Crippen LogP contribution in [0.3, 0.4) is 0 Å². The average molecular weight is 415 g/mol. The first-order valence-electron chi connectivity index (χ1n) is 10.6. The summed E-state index contributed by atoms with van der Waals surface area (Å²) in [7, 11) is 0. The summed E-state index contributed by atoms with van der Waals surface area (Å²) in [5.74, 6) is 1.22. The maximum absolute atomic E-state index is 12.9. The quantitative estimate of drug-likeness (QED) is 0.710. The molecule has 162 valence electrons. The standard InChI is InChI=1S/C23H30N2O5/c1-4-28-19-11-10-17(14-21(19)29-5-2)16(3)24-22(26)18-8-6-12-25(15-18)23(27)20-9-7-13-30-20/h7,9-11,13-14,16,18H,4-6,8,12,15H2,1-3H3,(H,24,26). The van der Waals surface area contributed by atoms with Gasteiger partial charge in [-0.2, -0.15) is 0 Å². The molecule has 1 aromatic heterocycles. The summed E-state index contributed by atoms with van der Waals surface area (Å²) in [6.45, 7) is 7.91. The molecule has 1 aromatic carbocycles. The fourth-order valence-corrected chi connectivity index (χ4v) is 3.68. The van der Waals surface area contributed by atoms with Gasteiger partial charge in [-0.1, -0.05) is 6.07 Å². The Labute approximate surface area is 177 Å². The van der Waals surface area contributed by atoms with Gasteiger partial charge >= 0.3 is 0 Å². The lowest BCUT2D eigenvalue weighted by molar-refractivity contribution is -0.127. The third-order valence-electron chi connectivity index (χ3n) is 5.24. The van der Waals surface area contributed by atoms with Crippen LogP contribution in [0.4, 0.5) is 0 Å². The highest BCUT2D eigenvalue weighted by Gasteiger charge is 2.30. The zero-order valence-electron chi connectivity index (χ0n) is 17.8. The lowest BCUT2D eigenvalue weighted by Crippen LogP contribution is -2.45. The van der Waals surface area contributed by atoms with Crippen LogP contribution in [0.1, 0.15) is 55.8 Å². The molecule has 7 heteroatoms. The van der Waals surface area contributed by atoms with E-state index < -0.39 is 0 Å². The lowest BCUT2D eigenvalue weighted by atomic mass is 9.96. The van der Waals surface area contributed by atoms with Crippen molar-refractivity contribution in [2.24, 2.45) is 5.92 Å². The van der Waals surface area contributed by atoms with Crippen LogP contribution in [0, 0.1) is 5.92 Å². The van der Waals surface area contributed by atoms with Gasteiger partial charge < -0.3 is 24.1 Å². The molecule has 2 aromatic rings. The molecule has 0 radical (unpaired) electrons. The third-order valence-corrected chi connectivity index (χ3v) is 5.24. The van der Waals surface area contributed by atoms with E-state index in [0.29, 0.717) is 43.6 Å². The fourth-order valence-electron chi connectivity index (χ4n) is 3.68. The van der Waals surface area contributed by atoms with Gasteiger partial charge in [-0.25, -0.2) is 0 Å². The summed E-state index contributed by atoms with van der Waals surface area (Å²) in [6, 6.07) is 8.87. The van der Waals surface area contributed by atoms with Crippen molar-refractivity contribution in [2.45, 2.75) is 39.7 Å². The van der Waals surface area contributed by atoms with Crippen molar-refractivity contribution >= 4 is 11.8 Å². The number of benzene rings is 1. The molecular formula is C23H30N2O5. The highest BCUT2D eigenvalue weighted by atomic mass is 16.5. The van der Waals surface area contributed by atoms with Crippen molar-refractivity contribution in [3.05, 3.63) is 47.9 Å². The molecule has 2 heterocycles. The monoisotopic (exact) mass is 414 g/mol. The van der Waals surface area contributed by atoms with Gasteiger partial charge in [-0.3, -0.25) is 9.59 Å². The van der Waals surface area contributed by atoms with Gasteiger partial charge in [0.2, 0.25) is 5.91 Å². The number of piperidine rings is 1. The Balaban J connectivity index is 1.63. The van der Waals surface area contributed by atoms with Gasteiger partial charge in [0.1, 0.15) is 0 Å². The number of hydrogen-bond acceptors (Lipinski definition) is 5. The lowest BCUT2D eigenvalue weighted by Gasteiger charge is -2.32. The second-order valence-corrected chi connectivity index (χ2v) is 7.37. The minimum atomic E-state index is -0.242. The Morgan fingerprint density at radius 3 is 2.67 bits per heavy atom. The van der Waals surface area contributed by atoms with Crippen LogP contribution >= 0.6 is 0 Å². The SMILES string of the molecule is CCOc1ccc(C(C)NC(=O)C2CCCN(C(=O)c3ccco3)C2)cc1OCC. The number of carbonyl (C=O) groups is 2. The Hall–Kier alpha value is -2.96. The van der Waals surface area contributed by atoms with Crippen LogP contribution in [0.2, 0.25) is 0 Å². The number of hydrogen-bond donors (Lipinski definition) is 1. The molecule has 1 aliphatic rings. The first kappa shape index (κ1) is 21.7. The summed E-state index contributed by atoms with van der Waals surface area (Å²) >= 11 is 0. The van der Waals surface area contributed by atoms with Crippen LogP contribution in [0.15, 0.2) is 41.0 Å². The largest absolute Gasteiger partial charge is 0.490 e. The van der Waals surface area contributed by atoms with Crippen LogP contribution in [0.25, 0.3) is 0 Å². The first-order valence-corrected chi connectivity index (χ1v) is 10.6. The van der Waals surface area contributed by atoms with Crippen molar-refractivity contribution in [1.82, 2.24) is 10.2 Å². The van der Waals surface area contributed by atoms with Crippen LogP contribution in [0.5, 0.6) is 11.5 Å². The molecule has 0 bridgehead atoms. The predicted octanol–water partition coefficient (Wildman–Crippen LogP) is 3.81.